The molecule has 1 atom stereocenters. The number of fused-ring (bicyclic) bond motifs is 1. The summed E-state index contributed by atoms with van der Waals surface area (Å²) in [6.07, 6.45) is 1.07. The SMILES string of the molecule is Cc1ccc([C@@H]2C(C#N)=C(SCC(=O)Nc3ccc4c(c3)OCO4)NC3=C2C(=O)CC(C)(C)C3)o1. The highest BCUT2D eigenvalue weighted by atomic mass is 32.2. The number of nitrogens with zero attached hydrogens (tertiary/aromatic N) is 1. The summed E-state index contributed by atoms with van der Waals surface area (Å²) in [7, 11) is 0. The van der Waals surface area contributed by atoms with Gasteiger partial charge in [-0.1, -0.05) is 25.6 Å². The third-order valence-electron chi connectivity index (χ3n) is 6.18. The number of aryl methyl sites for hydroxylation is 1. The van der Waals surface area contributed by atoms with E-state index in [0.29, 0.717) is 57.7 Å². The summed E-state index contributed by atoms with van der Waals surface area (Å²) in [5.41, 5.74) is 2.15. The molecule has 2 N–H and O–H groups in total. The number of allylic oxidation sites excluding steroid dienone is 3. The summed E-state index contributed by atoms with van der Waals surface area (Å²) in [5.74, 6) is 1.76. The van der Waals surface area contributed by atoms with E-state index in [0.717, 1.165) is 5.70 Å². The fraction of sp³-hybridized carbons (Fsp3) is 0.346. The largest absolute Gasteiger partial charge is 0.465 e. The number of hydrogen-bond acceptors (Lipinski definition) is 8. The van der Waals surface area contributed by atoms with Crippen LogP contribution in [-0.4, -0.2) is 24.2 Å². The normalized spacial score (nSPS) is 20.3. The molecule has 180 valence electrons. The van der Waals surface area contributed by atoms with Gasteiger partial charge in [0.15, 0.2) is 17.3 Å². The number of nitrogens with one attached hydrogen (secondary N) is 2. The monoisotopic (exact) mass is 491 g/mol. The van der Waals surface area contributed by atoms with Crippen molar-refractivity contribution in [2.24, 2.45) is 5.41 Å². The van der Waals surface area contributed by atoms with E-state index in [1.54, 1.807) is 18.2 Å². The lowest BCUT2D eigenvalue weighted by Gasteiger charge is -2.38. The number of ether oxygens (including phenoxy) is 2. The van der Waals surface area contributed by atoms with Gasteiger partial charge in [0.25, 0.3) is 0 Å². The standard InChI is InChI=1S/C26H25N3O5S/c1-14-4-6-20(34-14)23-16(11-27)25(29-17-9-26(2,3)10-18(30)24(17)23)35-12-22(31)28-15-5-7-19-21(8-15)33-13-32-19/h4-8,23,29H,9-10,12-13H2,1-3H3,(H,28,31)/t23-/m0/s1. The van der Waals surface area contributed by atoms with E-state index in [-0.39, 0.29) is 29.7 Å². The molecule has 9 heteroatoms. The van der Waals surface area contributed by atoms with Gasteiger partial charge in [-0.2, -0.15) is 5.26 Å². The molecule has 0 saturated carbocycles. The molecule has 2 aromatic rings. The van der Waals surface area contributed by atoms with Crippen LogP contribution in [0.25, 0.3) is 0 Å². The molecule has 2 aliphatic heterocycles. The Kier molecular flexibility index (Phi) is 5.85. The number of nitriles is 1. The number of benzene rings is 1. The van der Waals surface area contributed by atoms with Crippen molar-refractivity contribution >= 4 is 29.1 Å². The average Bonchev–Trinajstić information content (AvgIpc) is 3.44. The van der Waals surface area contributed by atoms with Gasteiger partial charge in [-0.3, -0.25) is 9.59 Å². The van der Waals surface area contributed by atoms with E-state index in [9.17, 15) is 14.9 Å². The number of rotatable bonds is 5. The van der Waals surface area contributed by atoms with Crippen molar-refractivity contribution in [2.75, 3.05) is 17.9 Å². The van der Waals surface area contributed by atoms with Crippen LogP contribution in [0.1, 0.15) is 44.1 Å². The molecule has 35 heavy (non-hydrogen) atoms. The van der Waals surface area contributed by atoms with Crippen molar-refractivity contribution in [1.29, 1.82) is 5.26 Å². The van der Waals surface area contributed by atoms with Crippen molar-refractivity contribution in [3.8, 4) is 17.6 Å². The van der Waals surface area contributed by atoms with E-state index in [1.165, 1.54) is 11.8 Å². The molecule has 0 spiro atoms. The number of amides is 1. The van der Waals surface area contributed by atoms with Gasteiger partial charge in [-0.25, -0.2) is 0 Å². The lowest BCUT2D eigenvalue weighted by atomic mass is 9.70. The number of furan rings is 1. The van der Waals surface area contributed by atoms with Crippen molar-refractivity contribution < 1.29 is 23.5 Å². The fourth-order valence-electron chi connectivity index (χ4n) is 4.69. The summed E-state index contributed by atoms with van der Waals surface area (Å²) in [6, 6.07) is 11.1. The van der Waals surface area contributed by atoms with Gasteiger partial charge in [-0.15, -0.1) is 0 Å². The van der Waals surface area contributed by atoms with Gasteiger partial charge >= 0.3 is 0 Å². The third kappa shape index (κ3) is 4.54. The summed E-state index contributed by atoms with van der Waals surface area (Å²) in [6.45, 7) is 6.10. The number of hydrogen-bond donors (Lipinski definition) is 2. The van der Waals surface area contributed by atoms with Crippen molar-refractivity contribution in [3.63, 3.8) is 0 Å². The molecule has 0 fully saturated rings. The van der Waals surface area contributed by atoms with Gasteiger partial charge in [-0.05, 0) is 43.0 Å². The molecule has 1 aromatic heterocycles. The molecule has 0 radical (unpaired) electrons. The Morgan fingerprint density at radius 2 is 2.03 bits per heavy atom. The molecule has 0 bridgehead atoms. The molecule has 1 aliphatic carbocycles. The number of anilines is 1. The van der Waals surface area contributed by atoms with Crippen molar-refractivity contribution in [3.05, 3.63) is 63.7 Å². The predicted octanol–water partition coefficient (Wildman–Crippen LogP) is 4.75. The van der Waals surface area contributed by atoms with Crippen LogP contribution in [0.4, 0.5) is 5.69 Å². The summed E-state index contributed by atoms with van der Waals surface area (Å²) in [5, 5.41) is 16.8. The molecular formula is C26H25N3O5S. The maximum absolute atomic E-state index is 13.2. The average molecular weight is 492 g/mol. The molecule has 0 saturated heterocycles. The quantitative estimate of drug-likeness (QED) is 0.616. The Morgan fingerprint density at radius 1 is 1.23 bits per heavy atom. The first kappa shape index (κ1) is 23.1. The topological polar surface area (TPSA) is 114 Å². The number of Topliss-reactive ketones (excluding diaryl/α,β-unsaturated/α-hetero) is 1. The zero-order chi connectivity index (χ0) is 24.7. The minimum atomic E-state index is -0.590. The molecule has 8 nitrogen and oxygen atoms in total. The summed E-state index contributed by atoms with van der Waals surface area (Å²) < 4.78 is 16.5. The van der Waals surface area contributed by atoms with Crippen LogP contribution in [0.3, 0.4) is 0 Å². The first-order valence-electron chi connectivity index (χ1n) is 11.3. The van der Waals surface area contributed by atoms with E-state index < -0.39 is 5.92 Å². The molecule has 1 amide bonds. The van der Waals surface area contributed by atoms with Crippen molar-refractivity contribution in [1.82, 2.24) is 5.32 Å². The second-order valence-electron chi connectivity index (χ2n) is 9.60. The van der Waals surface area contributed by atoms with Gasteiger partial charge in [0.05, 0.1) is 28.3 Å². The lowest BCUT2D eigenvalue weighted by Crippen LogP contribution is -2.37. The Bertz CT molecular complexity index is 1330. The number of ketones is 1. The third-order valence-corrected chi connectivity index (χ3v) is 7.19. The smallest absolute Gasteiger partial charge is 0.234 e. The Hall–Kier alpha value is -3.64. The molecule has 3 aliphatic rings. The van der Waals surface area contributed by atoms with Gasteiger partial charge in [0, 0.05) is 29.4 Å². The highest BCUT2D eigenvalue weighted by Crippen LogP contribution is 2.48. The van der Waals surface area contributed by atoms with Crippen LogP contribution in [-0.2, 0) is 9.59 Å². The van der Waals surface area contributed by atoms with Gasteiger partial charge < -0.3 is 24.5 Å². The first-order chi connectivity index (χ1) is 16.7. The zero-order valence-electron chi connectivity index (χ0n) is 19.7. The lowest BCUT2D eigenvalue weighted by molar-refractivity contribution is -0.118. The summed E-state index contributed by atoms with van der Waals surface area (Å²) >= 11 is 1.24. The predicted molar refractivity (Wildman–Crippen MR) is 131 cm³/mol. The fourth-order valence-corrected chi connectivity index (χ4v) is 5.55. The maximum Gasteiger partial charge on any atom is 0.234 e. The molecule has 3 heterocycles. The van der Waals surface area contributed by atoms with Gasteiger partial charge in [0.1, 0.15) is 11.5 Å². The molecule has 0 unspecified atom stereocenters. The van der Waals surface area contributed by atoms with E-state index in [4.69, 9.17) is 13.9 Å². The Balaban J connectivity index is 1.40. The number of thioether (sulfide) groups is 1. The number of dihydropyridines is 1. The van der Waals surface area contributed by atoms with E-state index in [1.807, 2.05) is 19.1 Å². The first-order valence-corrected chi connectivity index (χ1v) is 12.3. The highest BCUT2D eigenvalue weighted by Gasteiger charge is 2.43. The zero-order valence-corrected chi connectivity index (χ0v) is 20.5. The highest BCUT2D eigenvalue weighted by molar-refractivity contribution is 8.03. The second-order valence-corrected chi connectivity index (χ2v) is 10.6. The number of carbonyl (C=O) groups excluding carboxylic acids is 2. The minimum Gasteiger partial charge on any atom is -0.465 e. The van der Waals surface area contributed by atoms with Crippen LogP contribution in [0.15, 0.2) is 56.6 Å². The van der Waals surface area contributed by atoms with Crippen LogP contribution >= 0.6 is 11.8 Å². The van der Waals surface area contributed by atoms with Crippen LogP contribution in [0.5, 0.6) is 11.5 Å². The van der Waals surface area contributed by atoms with E-state index >= 15 is 0 Å². The Morgan fingerprint density at radius 3 is 2.77 bits per heavy atom. The van der Waals surface area contributed by atoms with Crippen LogP contribution < -0.4 is 20.1 Å². The van der Waals surface area contributed by atoms with Gasteiger partial charge in [0.2, 0.25) is 12.7 Å². The minimum absolute atomic E-state index is 0.0140. The van der Waals surface area contributed by atoms with Crippen LogP contribution in [0.2, 0.25) is 0 Å². The van der Waals surface area contributed by atoms with E-state index in [2.05, 4.69) is 30.6 Å². The van der Waals surface area contributed by atoms with Crippen molar-refractivity contribution in [2.45, 2.75) is 39.5 Å². The van der Waals surface area contributed by atoms with Crippen LogP contribution in [0, 0.1) is 23.7 Å². The summed E-state index contributed by atoms with van der Waals surface area (Å²) in [4.78, 5) is 25.9. The molecule has 1 aromatic carbocycles. The second kappa shape index (κ2) is 8.86. The molecular weight excluding hydrogens is 466 g/mol. The number of carbonyl (C=O) groups is 2. The maximum atomic E-state index is 13.2. The Labute approximate surface area is 207 Å². The molecule has 5 rings (SSSR count).